The van der Waals surface area contributed by atoms with E-state index >= 15 is 0 Å². The number of anilines is 2. The largest absolute Gasteiger partial charge is 0.545 e. The molecule has 3 aliphatic rings. The van der Waals surface area contributed by atoms with Gasteiger partial charge in [0, 0.05) is 11.3 Å². The lowest BCUT2D eigenvalue weighted by molar-refractivity contribution is -0.255. The van der Waals surface area contributed by atoms with Crippen molar-refractivity contribution in [2.45, 2.75) is 6.42 Å². The first-order chi connectivity index (χ1) is 14.4. The minimum Gasteiger partial charge on any atom is -0.545 e. The van der Waals surface area contributed by atoms with Crippen LogP contribution in [0.5, 0.6) is 0 Å². The number of nitrogens with one attached hydrogen (secondary N) is 1. The number of carbonyl (C=O) groups excluding carboxylic acids is 4. The fraction of sp³-hybridized carbons (Fsp3) is 0.217. The van der Waals surface area contributed by atoms with Crippen LogP contribution in [-0.2, 0) is 9.59 Å². The second-order valence-electron chi connectivity index (χ2n) is 7.88. The molecule has 2 aromatic carbocycles. The van der Waals surface area contributed by atoms with Gasteiger partial charge >= 0.3 is 0 Å². The Morgan fingerprint density at radius 3 is 1.90 bits per heavy atom. The van der Waals surface area contributed by atoms with Crippen molar-refractivity contribution in [3.63, 3.8) is 0 Å². The van der Waals surface area contributed by atoms with Gasteiger partial charge in [-0.2, -0.15) is 0 Å². The minimum atomic E-state index is -1.29. The number of imide groups is 1. The second-order valence-corrected chi connectivity index (χ2v) is 7.88. The van der Waals surface area contributed by atoms with Crippen LogP contribution in [0.15, 0.2) is 60.7 Å². The number of hydrogen-bond donors (Lipinski definition) is 1. The van der Waals surface area contributed by atoms with E-state index in [0.29, 0.717) is 16.9 Å². The van der Waals surface area contributed by atoms with E-state index in [9.17, 15) is 24.3 Å². The Bertz CT molecular complexity index is 1070. The van der Waals surface area contributed by atoms with Crippen LogP contribution in [0.4, 0.5) is 11.4 Å². The van der Waals surface area contributed by atoms with Gasteiger partial charge in [0.2, 0.25) is 11.8 Å². The van der Waals surface area contributed by atoms with Crippen molar-refractivity contribution < 1.29 is 24.3 Å². The maximum Gasteiger partial charge on any atom is 0.255 e. The van der Waals surface area contributed by atoms with Gasteiger partial charge in [-0.3, -0.25) is 19.3 Å². The van der Waals surface area contributed by atoms with Crippen molar-refractivity contribution in [3.05, 3.63) is 71.8 Å². The average molecular weight is 401 g/mol. The highest BCUT2D eigenvalue weighted by Crippen LogP contribution is 2.53. The first kappa shape index (κ1) is 18.3. The lowest BCUT2D eigenvalue weighted by atomic mass is 9.85. The van der Waals surface area contributed by atoms with Gasteiger partial charge in [0.25, 0.3) is 5.91 Å². The molecule has 2 bridgehead atoms. The molecule has 1 aliphatic heterocycles. The number of fused-ring (bicyclic) bond motifs is 5. The fourth-order valence-electron chi connectivity index (χ4n) is 4.81. The van der Waals surface area contributed by atoms with Gasteiger partial charge < -0.3 is 15.2 Å². The van der Waals surface area contributed by atoms with Crippen LogP contribution in [0.2, 0.25) is 0 Å². The monoisotopic (exact) mass is 401 g/mol. The predicted octanol–water partition coefficient (Wildman–Crippen LogP) is 1.61. The van der Waals surface area contributed by atoms with Gasteiger partial charge in [-0.05, 0) is 60.2 Å². The van der Waals surface area contributed by atoms with Crippen molar-refractivity contribution in [1.29, 1.82) is 0 Å². The zero-order chi connectivity index (χ0) is 21.0. The average Bonchev–Trinajstić information content (AvgIpc) is 3.42. The van der Waals surface area contributed by atoms with Crippen LogP contribution in [0.1, 0.15) is 27.1 Å². The predicted molar refractivity (Wildman–Crippen MR) is 105 cm³/mol. The molecule has 1 saturated carbocycles. The molecule has 150 valence electrons. The quantitative estimate of drug-likeness (QED) is 0.619. The molecule has 7 nitrogen and oxygen atoms in total. The van der Waals surface area contributed by atoms with Crippen molar-refractivity contribution in [2.24, 2.45) is 23.7 Å². The molecule has 30 heavy (non-hydrogen) atoms. The molecule has 2 aromatic rings. The van der Waals surface area contributed by atoms with Crippen molar-refractivity contribution in [1.82, 2.24) is 0 Å². The number of allylic oxidation sites excluding steroid dienone is 2. The Labute approximate surface area is 172 Å². The molecule has 0 unspecified atom stereocenters. The Kier molecular flexibility index (Phi) is 4.06. The molecule has 1 saturated heterocycles. The molecular weight excluding hydrogens is 384 g/mol. The van der Waals surface area contributed by atoms with E-state index in [1.165, 1.54) is 29.2 Å². The summed E-state index contributed by atoms with van der Waals surface area (Å²) < 4.78 is 0. The third kappa shape index (κ3) is 2.74. The molecule has 2 aliphatic carbocycles. The maximum atomic E-state index is 12.9. The summed E-state index contributed by atoms with van der Waals surface area (Å²) in [5.41, 5.74) is 1.28. The van der Waals surface area contributed by atoms with Gasteiger partial charge in [0.1, 0.15) is 0 Å². The van der Waals surface area contributed by atoms with Crippen LogP contribution >= 0.6 is 0 Å². The number of hydrogen-bond acceptors (Lipinski definition) is 5. The fourth-order valence-corrected chi connectivity index (χ4v) is 4.81. The molecule has 5 rings (SSSR count). The smallest absolute Gasteiger partial charge is 0.255 e. The lowest BCUT2D eigenvalue weighted by Crippen LogP contribution is -2.32. The van der Waals surface area contributed by atoms with Crippen LogP contribution in [0.25, 0.3) is 0 Å². The summed E-state index contributed by atoms with van der Waals surface area (Å²) in [4.78, 5) is 50.2. The number of nitrogens with zero attached hydrogens (tertiary/aromatic N) is 1. The Morgan fingerprint density at radius 2 is 1.37 bits per heavy atom. The minimum absolute atomic E-state index is 0.0192. The first-order valence-corrected chi connectivity index (χ1v) is 9.73. The molecule has 0 spiro atoms. The van der Waals surface area contributed by atoms with E-state index in [1.807, 2.05) is 12.2 Å². The molecular formula is C23H17N2O5-. The SMILES string of the molecule is O=C([O-])c1ccc(NC(=O)c2ccc(N3C(=O)[C@@H]4[C@@H](C3=O)[C@H]3C=C[C@H]4C3)cc2)cc1. The molecule has 2 fully saturated rings. The summed E-state index contributed by atoms with van der Waals surface area (Å²) in [7, 11) is 0. The molecule has 3 amide bonds. The number of rotatable bonds is 4. The molecule has 0 radical (unpaired) electrons. The van der Waals surface area contributed by atoms with Crippen LogP contribution in [-0.4, -0.2) is 23.7 Å². The zero-order valence-corrected chi connectivity index (χ0v) is 15.8. The third-order valence-corrected chi connectivity index (χ3v) is 6.24. The van der Waals surface area contributed by atoms with Crippen molar-refractivity contribution in [2.75, 3.05) is 10.2 Å². The molecule has 7 heteroatoms. The normalized spacial score (nSPS) is 26.2. The van der Waals surface area contributed by atoms with Crippen LogP contribution in [0, 0.1) is 23.7 Å². The molecule has 0 aromatic heterocycles. The second kappa shape index (κ2) is 6.66. The number of aromatic carboxylic acids is 1. The molecule has 1 N–H and O–H groups in total. The summed E-state index contributed by atoms with van der Waals surface area (Å²) in [5.74, 6) is -2.23. The highest BCUT2D eigenvalue weighted by molar-refractivity contribution is 6.23. The van der Waals surface area contributed by atoms with Gasteiger partial charge in [-0.1, -0.05) is 24.3 Å². The number of benzene rings is 2. The zero-order valence-electron chi connectivity index (χ0n) is 15.8. The first-order valence-electron chi connectivity index (χ1n) is 9.73. The van der Waals surface area contributed by atoms with Crippen LogP contribution < -0.4 is 15.3 Å². The highest BCUT2D eigenvalue weighted by Gasteiger charge is 2.59. The Hall–Kier alpha value is -3.74. The maximum absolute atomic E-state index is 12.9. The van der Waals surface area contributed by atoms with Crippen molar-refractivity contribution in [3.8, 4) is 0 Å². The topological polar surface area (TPSA) is 107 Å². The van der Waals surface area contributed by atoms with Gasteiger partial charge in [0.05, 0.1) is 23.5 Å². The van der Waals surface area contributed by atoms with Gasteiger partial charge in [-0.15, -0.1) is 0 Å². The van der Waals surface area contributed by atoms with E-state index in [-0.39, 0.29) is 47.0 Å². The standard InChI is InChI=1S/C23H18N2O5/c26-20(24-16-7-3-13(4-8-16)23(29)30)12-5-9-17(10-6-12)25-21(27)18-14-1-2-15(11-14)19(18)22(25)28/h1-10,14-15,18-19H,11H2,(H,24,26)(H,29,30)/p-1/t14-,15-,18-,19-/m0/s1. The summed E-state index contributed by atoms with van der Waals surface area (Å²) in [6, 6.07) is 11.9. The van der Waals surface area contributed by atoms with E-state index in [1.54, 1.807) is 24.3 Å². The van der Waals surface area contributed by atoms with E-state index in [4.69, 9.17) is 0 Å². The number of carboxylic acids is 1. The van der Waals surface area contributed by atoms with E-state index < -0.39 is 5.97 Å². The Balaban J connectivity index is 1.31. The molecule has 1 heterocycles. The van der Waals surface area contributed by atoms with Gasteiger partial charge in [0.15, 0.2) is 0 Å². The number of carboxylic acid groups (broad SMARTS) is 1. The summed E-state index contributed by atoms with van der Waals surface area (Å²) in [6.45, 7) is 0. The van der Waals surface area contributed by atoms with Crippen molar-refractivity contribution >= 4 is 35.1 Å². The highest BCUT2D eigenvalue weighted by atomic mass is 16.4. The van der Waals surface area contributed by atoms with E-state index in [0.717, 1.165) is 6.42 Å². The van der Waals surface area contributed by atoms with E-state index in [2.05, 4.69) is 5.32 Å². The molecule has 4 atom stereocenters. The summed E-state index contributed by atoms with van der Waals surface area (Å²) >= 11 is 0. The number of amides is 3. The summed E-state index contributed by atoms with van der Waals surface area (Å²) in [6.07, 6.45) is 4.98. The lowest BCUT2D eigenvalue weighted by Gasteiger charge is -2.17. The summed E-state index contributed by atoms with van der Waals surface area (Å²) in [5, 5.41) is 13.5. The Morgan fingerprint density at radius 1 is 0.833 bits per heavy atom. The van der Waals surface area contributed by atoms with Gasteiger partial charge in [-0.25, -0.2) is 0 Å². The van der Waals surface area contributed by atoms with Crippen LogP contribution in [0.3, 0.4) is 0 Å². The number of carbonyl (C=O) groups is 4. The third-order valence-electron chi connectivity index (χ3n) is 6.24.